The molecule has 0 bridgehead atoms. The summed E-state index contributed by atoms with van der Waals surface area (Å²) in [5.41, 5.74) is 2.73. The first-order chi connectivity index (χ1) is 10.1. The molecule has 0 radical (unpaired) electrons. The van der Waals surface area contributed by atoms with Crippen LogP contribution in [0, 0.1) is 5.92 Å². The van der Waals surface area contributed by atoms with Crippen LogP contribution in [0.1, 0.15) is 44.7 Å². The number of piperidine rings is 1. The van der Waals surface area contributed by atoms with Gasteiger partial charge in [-0.25, -0.2) is 0 Å². The van der Waals surface area contributed by atoms with E-state index < -0.39 is 0 Å². The summed E-state index contributed by atoms with van der Waals surface area (Å²) in [6.45, 7) is 8.79. The van der Waals surface area contributed by atoms with Crippen LogP contribution in [0.2, 0.25) is 0 Å². The molecule has 3 nitrogen and oxygen atoms in total. The number of amides is 1. The van der Waals surface area contributed by atoms with Gasteiger partial charge in [-0.1, -0.05) is 44.5 Å². The predicted molar refractivity (Wildman–Crippen MR) is 87.1 cm³/mol. The number of carbonyl (C=O) groups excluding carboxylic acids is 1. The van der Waals surface area contributed by atoms with Gasteiger partial charge in [-0.3, -0.25) is 4.79 Å². The van der Waals surface area contributed by atoms with Crippen LogP contribution >= 0.6 is 0 Å². The van der Waals surface area contributed by atoms with Crippen molar-refractivity contribution in [2.45, 2.75) is 52.6 Å². The van der Waals surface area contributed by atoms with Crippen LogP contribution in [0.25, 0.3) is 0 Å². The molecule has 1 aromatic carbocycles. The predicted octanol–water partition coefficient (Wildman–Crippen LogP) is 2.99. The molecule has 0 aromatic heterocycles. The summed E-state index contributed by atoms with van der Waals surface area (Å²) in [6.07, 6.45) is 3.27. The van der Waals surface area contributed by atoms with Gasteiger partial charge >= 0.3 is 0 Å². The van der Waals surface area contributed by atoms with Gasteiger partial charge in [0, 0.05) is 32.6 Å². The molecule has 0 spiro atoms. The molecule has 1 aliphatic heterocycles. The second-order valence-electron chi connectivity index (χ2n) is 6.08. The Bertz CT molecular complexity index is 455. The number of carbonyl (C=O) groups is 1. The monoisotopic (exact) mass is 288 g/mol. The number of hydrogen-bond acceptors (Lipinski definition) is 2. The Morgan fingerprint density at radius 3 is 2.48 bits per heavy atom. The van der Waals surface area contributed by atoms with E-state index >= 15 is 0 Å². The number of likely N-dealkylation sites (tertiary alicyclic amines) is 1. The van der Waals surface area contributed by atoms with Crippen LogP contribution in [0.15, 0.2) is 24.3 Å². The number of nitrogens with one attached hydrogen (secondary N) is 1. The molecule has 1 amide bonds. The number of aryl methyl sites for hydroxylation is 1. The lowest BCUT2D eigenvalue weighted by atomic mass is 9.89. The van der Waals surface area contributed by atoms with Crippen LogP contribution in [0.5, 0.6) is 0 Å². The molecule has 2 rings (SSSR count). The smallest absolute Gasteiger partial charge is 0.219 e. The number of rotatable bonds is 5. The Labute approximate surface area is 128 Å². The van der Waals surface area contributed by atoms with Gasteiger partial charge in [-0.2, -0.15) is 0 Å². The fraction of sp³-hybridized carbons (Fsp3) is 0.611. The third kappa shape index (κ3) is 4.31. The van der Waals surface area contributed by atoms with Crippen molar-refractivity contribution >= 4 is 5.91 Å². The first-order valence-corrected chi connectivity index (χ1v) is 8.20. The Morgan fingerprint density at radius 2 is 1.90 bits per heavy atom. The van der Waals surface area contributed by atoms with E-state index in [1.807, 2.05) is 4.90 Å². The summed E-state index contributed by atoms with van der Waals surface area (Å²) in [4.78, 5) is 13.5. The maximum Gasteiger partial charge on any atom is 0.219 e. The Hall–Kier alpha value is -1.35. The van der Waals surface area contributed by atoms with E-state index in [1.165, 1.54) is 11.1 Å². The van der Waals surface area contributed by atoms with Crippen LogP contribution in [0.3, 0.4) is 0 Å². The quantitative estimate of drug-likeness (QED) is 0.903. The van der Waals surface area contributed by atoms with Gasteiger partial charge in [-0.15, -0.1) is 0 Å². The highest BCUT2D eigenvalue weighted by Gasteiger charge is 2.28. The highest BCUT2D eigenvalue weighted by molar-refractivity contribution is 5.73. The van der Waals surface area contributed by atoms with Crippen molar-refractivity contribution in [1.29, 1.82) is 0 Å². The van der Waals surface area contributed by atoms with Crippen molar-refractivity contribution in [1.82, 2.24) is 10.2 Å². The largest absolute Gasteiger partial charge is 0.343 e. The highest BCUT2D eigenvalue weighted by Crippen LogP contribution is 2.21. The highest BCUT2D eigenvalue weighted by atomic mass is 16.2. The molecule has 0 unspecified atom stereocenters. The summed E-state index contributed by atoms with van der Waals surface area (Å²) >= 11 is 0. The lowest BCUT2D eigenvalue weighted by Gasteiger charge is -2.38. The van der Waals surface area contributed by atoms with Crippen molar-refractivity contribution in [2.24, 2.45) is 5.92 Å². The number of benzene rings is 1. The molecule has 1 fully saturated rings. The van der Waals surface area contributed by atoms with Gasteiger partial charge in [-0.05, 0) is 29.9 Å². The van der Waals surface area contributed by atoms with Gasteiger partial charge in [0.25, 0.3) is 0 Å². The van der Waals surface area contributed by atoms with Crippen molar-refractivity contribution in [2.75, 3.05) is 13.1 Å². The fourth-order valence-electron chi connectivity index (χ4n) is 3.14. The Morgan fingerprint density at radius 1 is 1.24 bits per heavy atom. The summed E-state index contributed by atoms with van der Waals surface area (Å²) in [7, 11) is 0. The number of nitrogens with zero attached hydrogens (tertiary/aromatic N) is 1. The molecule has 1 N–H and O–H groups in total. The summed E-state index contributed by atoms with van der Waals surface area (Å²) < 4.78 is 0. The summed E-state index contributed by atoms with van der Waals surface area (Å²) in [6, 6.07) is 9.39. The minimum atomic E-state index is 0.210. The molecule has 2 atom stereocenters. The lowest BCUT2D eigenvalue weighted by Crippen LogP contribution is -2.50. The zero-order valence-electron chi connectivity index (χ0n) is 13.6. The molecule has 1 saturated heterocycles. The first kappa shape index (κ1) is 16.0. The van der Waals surface area contributed by atoms with Gasteiger partial charge in [0.05, 0.1) is 0 Å². The molecule has 3 heteroatoms. The molecule has 0 aliphatic carbocycles. The Kier molecular flexibility index (Phi) is 5.80. The van der Waals surface area contributed by atoms with Crippen LogP contribution in [-0.2, 0) is 17.8 Å². The molecule has 0 saturated carbocycles. The van der Waals surface area contributed by atoms with E-state index in [2.05, 4.69) is 43.4 Å². The van der Waals surface area contributed by atoms with Gasteiger partial charge in [0.1, 0.15) is 0 Å². The summed E-state index contributed by atoms with van der Waals surface area (Å²) in [5.74, 6) is 0.777. The molecule has 1 heterocycles. The van der Waals surface area contributed by atoms with Crippen molar-refractivity contribution in [3.05, 3.63) is 35.4 Å². The molecule has 21 heavy (non-hydrogen) atoms. The maximum absolute atomic E-state index is 11.5. The second kappa shape index (κ2) is 7.60. The van der Waals surface area contributed by atoms with Crippen LogP contribution in [-0.4, -0.2) is 29.9 Å². The molecule has 116 valence electrons. The SMILES string of the molecule is CCc1ccc(CN[C@@H]2CCN(C(C)=O)C[C@H]2CC)cc1. The van der Waals surface area contributed by atoms with Crippen LogP contribution < -0.4 is 5.32 Å². The third-order valence-electron chi connectivity index (χ3n) is 4.70. The fourth-order valence-corrected chi connectivity index (χ4v) is 3.14. The average molecular weight is 288 g/mol. The topological polar surface area (TPSA) is 32.3 Å². The maximum atomic E-state index is 11.5. The van der Waals surface area contributed by atoms with E-state index in [0.717, 1.165) is 38.9 Å². The zero-order valence-corrected chi connectivity index (χ0v) is 13.6. The van der Waals surface area contributed by atoms with E-state index in [1.54, 1.807) is 6.92 Å². The lowest BCUT2D eigenvalue weighted by molar-refractivity contribution is -0.131. The average Bonchev–Trinajstić information content (AvgIpc) is 2.53. The second-order valence-corrected chi connectivity index (χ2v) is 6.08. The zero-order chi connectivity index (χ0) is 15.2. The standard InChI is InChI=1S/C18H28N2O/c1-4-15-6-8-16(9-7-15)12-19-18-10-11-20(14(3)21)13-17(18)5-2/h6-9,17-19H,4-5,10-13H2,1-3H3/t17-,18-/m1/s1. The van der Waals surface area contributed by atoms with Crippen LogP contribution in [0.4, 0.5) is 0 Å². The minimum absolute atomic E-state index is 0.210. The van der Waals surface area contributed by atoms with Crippen molar-refractivity contribution in [3.8, 4) is 0 Å². The molecule has 1 aromatic rings. The minimum Gasteiger partial charge on any atom is -0.343 e. The third-order valence-corrected chi connectivity index (χ3v) is 4.70. The number of hydrogen-bond donors (Lipinski definition) is 1. The van der Waals surface area contributed by atoms with E-state index in [9.17, 15) is 4.79 Å². The first-order valence-electron chi connectivity index (χ1n) is 8.20. The molecular weight excluding hydrogens is 260 g/mol. The molecular formula is C18H28N2O. The van der Waals surface area contributed by atoms with Crippen molar-refractivity contribution < 1.29 is 4.79 Å². The van der Waals surface area contributed by atoms with Gasteiger partial charge in [0.15, 0.2) is 0 Å². The Balaban J connectivity index is 1.88. The van der Waals surface area contributed by atoms with Gasteiger partial charge < -0.3 is 10.2 Å². The van der Waals surface area contributed by atoms with E-state index in [0.29, 0.717) is 12.0 Å². The molecule has 1 aliphatic rings. The van der Waals surface area contributed by atoms with E-state index in [-0.39, 0.29) is 5.91 Å². The van der Waals surface area contributed by atoms with Crippen molar-refractivity contribution in [3.63, 3.8) is 0 Å². The summed E-state index contributed by atoms with van der Waals surface area (Å²) in [5, 5.41) is 3.70. The van der Waals surface area contributed by atoms with E-state index in [4.69, 9.17) is 0 Å². The van der Waals surface area contributed by atoms with Gasteiger partial charge in [0.2, 0.25) is 5.91 Å². The normalized spacial score (nSPS) is 22.3.